The van der Waals surface area contributed by atoms with E-state index in [-0.39, 0.29) is 0 Å². The van der Waals surface area contributed by atoms with Crippen LogP contribution in [-0.2, 0) is 21.0 Å². The molecule has 2 saturated heterocycles. The molecule has 8 nitrogen and oxygen atoms in total. The van der Waals surface area contributed by atoms with Crippen LogP contribution in [0.3, 0.4) is 0 Å². The number of amides is 3. The molecular formula is C29H29F3N4O4S. The van der Waals surface area contributed by atoms with Gasteiger partial charge < -0.3 is 9.80 Å². The van der Waals surface area contributed by atoms with Crippen LogP contribution in [0.15, 0.2) is 77.7 Å². The van der Waals surface area contributed by atoms with Gasteiger partial charge in [-0.25, -0.2) is 17.5 Å². The van der Waals surface area contributed by atoms with Gasteiger partial charge >= 0.3 is 12.2 Å². The zero-order valence-electron chi connectivity index (χ0n) is 22.5. The third-order valence-electron chi connectivity index (χ3n) is 7.44. The number of rotatable bonds is 5. The largest absolute Gasteiger partial charge is 0.416 e. The Bertz CT molecular complexity index is 1570. The summed E-state index contributed by atoms with van der Waals surface area (Å²) in [7, 11) is -4.70. The van der Waals surface area contributed by atoms with Gasteiger partial charge in [-0.3, -0.25) is 9.69 Å². The average Bonchev–Trinajstić information content (AvgIpc) is 3.32. The summed E-state index contributed by atoms with van der Waals surface area (Å²) in [4.78, 5) is 31.6. The van der Waals surface area contributed by atoms with Crippen LogP contribution in [0.5, 0.6) is 0 Å². The van der Waals surface area contributed by atoms with Crippen molar-refractivity contribution in [1.29, 1.82) is 0 Å². The van der Waals surface area contributed by atoms with Crippen molar-refractivity contribution in [3.63, 3.8) is 0 Å². The lowest BCUT2D eigenvalue weighted by molar-refractivity contribution is -0.137. The molecule has 2 aliphatic rings. The molecule has 0 N–H and O–H groups in total. The van der Waals surface area contributed by atoms with Crippen molar-refractivity contribution in [2.75, 3.05) is 42.5 Å². The van der Waals surface area contributed by atoms with Crippen LogP contribution in [-0.4, -0.2) is 68.3 Å². The number of halogens is 3. The highest BCUT2D eigenvalue weighted by molar-refractivity contribution is 7.89. The minimum atomic E-state index is -4.77. The van der Waals surface area contributed by atoms with Crippen molar-refractivity contribution in [2.45, 2.75) is 31.0 Å². The van der Waals surface area contributed by atoms with Gasteiger partial charge in [-0.2, -0.15) is 13.2 Å². The Labute approximate surface area is 236 Å². The number of urea groups is 1. The molecule has 2 heterocycles. The van der Waals surface area contributed by atoms with Crippen molar-refractivity contribution in [3.05, 3.63) is 89.5 Å². The number of aryl methyl sites for hydroxylation is 2. The first-order valence-corrected chi connectivity index (χ1v) is 14.5. The van der Waals surface area contributed by atoms with E-state index >= 15 is 0 Å². The topological polar surface area (TPSA) is 81.2 Å². The first-order valence-electron chi connectivity index (χ1n) is 13.1. The molecule has 41 heavy (non-hydrogen) atoms. The summed E-state index contributed by atoms with van der Waals surface area (Å²) in [5.74, 6) is -0.426. The number of carbonyl (C=O) groups excluding carboxylic acids is 2. The standard InChI is InChI=1S/C29H29F3N4O4S/c1-20-11-12-21(2)25(17-20)33-13-15-34(16-14-33)27(37)26-19-35(28(38)36(26)23-8-4-3-5-9-23)41(39,40)24-10-6-7-22(18-24)29(30,31)32/h3-12,17-18,26H,13-16,19H2,1-2H3/t26-/m0/s1. The highest BCUT2D eigenvalue weighted by Gasteiger charge is 2.49. The van der Waals surface area contributed by atoms with Crippen molar-refractivity contribution < 1.29 is 31.2 Å². The second-order valence-corrected chi connectivity index (χ2v) is 12.0. The van der Waals surface area contributed by atoms with E-state index in [0.29, 0.717) is 42.2 Å². The molecule has 12 heteroatoms. The lowest BCUT2D eigenvalue weighted by Gasteiger charge is -2.38. The van der Waals surface area contributed by atoms with E-state index in [9.17, 15) is 31.2 Å². The van der Waals surface area contributed by atoms with Gasteiger partial charge in [-0.05, 0) is 61.4 Å². The quantitative estimate of drug-likeness (QED) is 0.434. The number of hydrogen-bond acceptors (Lipinski definition) is 5. The maximum atomic E-state index is 13.8. The number of benzene rings is 3. The number of sulfonamides is 1. The molecule has 0 unspecified atom stereocenters. The summed E-state index contributed by atoms with van der Waals surface area (Å²) in [6.45, 7) is 5.33. The Hall–Kier alpha value is -4.06. The Kier molecular flexibility index (Phi) is 7.45. The van der Waals surface area contributed by atoms with Crippen LogP contribution in [0.25, 0.3) is 0 Å². The van der Waals surface area contributed by atoms with Crippen LogP contribution in [0.1, 0.15) is 16.7 Å². The van der Waals surface area contributed by atoms with Crippen LogP contribution in [0.2, 0.25) is 0 Å². The van der Waals surface area contributed by atoms with E-state index in [1.807, 2.05) is 26.0 Å². The molecule has 3 aromatic rings. The zero-order chi connectivity index (χ0) is 29.5. The van der Waals surface area contributed by atoms with Gasteiger partial charge in [0.25, 0.3) is 10.0 Å². The van der Waals surface area contributed by atoms with Crippen molar-refractivity contribution in [3.8, 4) is 0 Å². The molecule has 5 rings (SSSR count). The van der Waals surface area contributed by atoms with Gasteiger partial charge in [-0.15, -0.1) is 0 Å². The molecule has 2 fully saturated rings. The predicted octanol–water partition coefficient (Wildman–Crippen LogP) is 4.67. The molecule has 0 aliphatic carbocycles. The molecule has 0 bridgehead atoms. The Morgan fingerprint density at radius 2 is 1.56 bits per heavy atom. The first kappa shape index (κ1) is 28.5. The summed E-state index contributed by atoms with van der Waals surface area (Å²) in [6.07, 6.45) is -4.77. The molecule has 3 amide bonds. The lowest BCUT2D eigenvalue weighted by Crippen LogP contribution is -2.55. The van der Waals surface area contributed by atoms with Crippen LogP contribution in [0.4, 0.5) is 29.3 Å². The fourth-order valence-corrected chi connectivity index (χ4v) is 6.65. The van der Waals surface area contributed by atoms with E-state index in [1.54, 1.807) is 35.2 Å². The van der Waals surface area contributed by atoms with Gasteiger partial charge in [0.15, 0.2) is 0 Å². The third kappa shape index (κ3) is 5.48. The molecule has 3 aromatic carbocycles. The maximum Gasteiger partial charge on any atom is 0.416 e. The number of hydrogen-bond donors (Lipinski definition) is 0. The fraction of sp³-hybridized carbons (Fsp3) is 0.310. The zero-order valence-corrected chi connectivity index (χ0v) is 23.3. The van der Waals surface area contributed by atoms with E-state index in [4.69, 9.17) is 0 Å². The lowest BCUT2D eigenvalue weighted by atomic mass is 10.1. The highest BCUT2D eigenvalue weighted by atomic mass is 32.2. The summed E-state index contributed by atoms with van der Waals surface area (Å²) < 4.78 is 67.4. The predicted molar refractivity (Wildman–Crippen MR) is 148 cm³/mol. The SMILES string of the molecule is Cc1ccc(C)c(N2CCN(C(=O)[C@@H]3CN(S(=O)(=O)c4cccc(C(F)(F)F)c4)C(=O)N3c3ccccc3)CC2)c1. The number of anilines is 2. The van der Waals surface area contributed by atoms with Crippen molar-refractivity contribution in [2.24, 2.45) is 0 Å². The molecule has 0 aromatic heterocycles. The smallest absolute Gasteiger partial charge is 0.368 e. The summed E-state index contributed by atoms with van der Waals surface area (Å²) in [5.41, 5.74) is 2.47. The van der Waals surface area contributed by atoms with Crippen molar-refractivity contribution in [1.82, 2.24) is 9.21 Å². The number of carbonyl (C=O) groups is 2. The molecule has 0 spiro atoms. The van der Waals surface area contributed by atoms with Gasteiger partial charge in [0, 0.05) is 37.6 Å². The Morgan fingerprint density at radius 1 is 0.878 bits per heavy atom. The molecule has 0 radical (unpaired) electrons. The van der Waals surface area contributed by atoms with Crippen LogP contribution in [0, 0.1) is 13.8 Å². The fourth-order valence-electron chi connectivity index (χ4n) is 5.24. The second kappa shape index (κ2) is 10.7. The monoisotopic (exact) mass is 586 g/mol. The molecule has 2 aliphatic heterocycles. The minimum Gasteiger partial charge on any atom is -0.368 e. The average molecular weight is 587 g/mol. The molecular weight excluding hydrogens is 557 g/mol. The number of alkyl halides is 3. The second-order valence-electron chi connectivity index (χ2n) is 10.2. The van der Waals surface area contributed by atoms with Gasteiger partial charge in [-0.1, -0.05) is 36.4 Å². The summed E-state index contributed by atoms with van der Waals surface area (Å²) in [6, 6.07) is 15.4. The van der Waals surface area contributed by atoms with E-state index in [2.05, 4.69) is 11.0 Å². The third-order valence-corrected chi connectivity index (χ3v) is 9.17. The summed E-state index contributed by atoms with van der Waals surface area (Å²) in [5, 5.41) is 0. The number of nitrogens with zero attached hydrogens (tertiary/aromatic N) is 4. The molecule has 0 saturated carbocycles. The highest BCUT2D eigenvalue weighted by Crippen LogP contribution is 2.34. The van der Waals surface area contributed by atoms with Crippen molar-refractivity contribution >= 4 is 33.3 Å². The minimum absolute atomic E-state index is 0.312. The van der Waals surface area contributed by atoms with Gasteiger partial charge in [0.2, 0.25) is 5.91 Å². The molecule has 216 valence electrons. The normalized spacial score (nSPS) is 18.3. The number of para-hydroxylation sites is 1. The van der Waals surface area contributed by atoms with Gasteiger partial charge in [0.05, 0.1) is 17.0 Å². The van der Waals surface area contributed by atoms with Crippen LogP contribution >= 0.6 is 0 Å². The van der Waals surface area contributed by atoms with E-state index < -0.39 is 51.2 Å². The summed E-state index contributed by atoms with van der Waals surface area (Å²) >= 11 is 0. The Balaban J connectivity index is 1.42. The van der Waals surface area contributed by atoms with E-state index in [0.717, 1.165) is 39.9 Å². The van der Waals surface area contributed by atoms with Gasteiger partial charge in [0.1, 0.15) is 6.04 Å². The number of piperazine rings is 1. The molecule has 1 atom stereocenters. The van der Waals surface area contributed by atoms with E-state index in [1.165, 1.54) is 0 Å². The first-order chi connectivity index (χ1) is 19.4. The Morgan fingerprint density at radius 3 is 2.22 bits per heavy atom. The van der Waals surface area contributed by atoms with Crippen LogP contribution < -0.4 is 9.80 Å². The maximum absolute atomic E-state index is 13.8.